The Labute approximate surface area is 208 Å². The van der Waals surface area contributed by atoms with Crippen LogP contribution in [0.4, 0.5) is 0 Å². The maximum absolute atomic E-state index is 13.4. The van der Waals surface area contributed by atoms with E-state index in [1.54, 1.807) is 17.0 Å². The minimum Gasteiger partial charge on any atom is -0.350 e. The lowest BCUT2D eigenvalue weighted by Gasteiger charge is -2.33. The number of benzene rings is 2. The van der Waals surface area contributed by atoms with E-state index in [1.165, 1.54) is 5.56 Å². The van der Waals surface area contributed by atoms with Crippen molar-refractivity contribution in [2.45, 2.75) is 84.8 Å². The Morgan fingerprint density at radius 2 is 1.67 bits per heavy atom. The molecule has 180 valence electrons. The molecule has 0 saturated carbocycles. The molecule has 0 aliphatic heterocycles. The molecule has 1 atom stereocenters. The Balaban J connectivity index is 2.25. The molecule has 0 aromatic heterocycles. The number of rotatable bonds is 9. The second kappa shape index (κ2) is 11.9. The van der Waals surface area contributed by atoms with Crippen molar-refractivity contribution in [1.82, 2.24) is 10.2 Å². The Morgan fingerprint density at radius 1 is 1.03 bits per heavy atom. The maximum Gasteiger partial charge on any atom is 0.243 e. The van der Waals surface area contributed by atoms with Crippen molar-refractivity contribution in [3.63, 3.8) is 0 Å². The van der Waals surface area contributed by atoms with Crippen LogP contribution in [0.5, 0.6) is 0 Å². The van der Waals surface area contributed by atoms with Gasteiger partial charge in [-0.15, -0.1) is 0 Å². The monoisotopic (exact) mass is 490 g/mol. The second-order valence-electron chi connectivity index (χ2n) is 9.82. The van der Waals surface area contributed by atoms with Gasteiger partial charge in [-0.3, -0.25) is 9.59 Å². The van der Waals surface area contributed by atoms with Crippen LogP contribution in [-0.2, 0) is 22.6 Å². The lowest BCUT2D eigenvalue weighted by atomic mass is 10.00. The first-order valence-electron chi connectivity index (χ1n) is 11.6. The molecule has 0 fully saturated rings. The van der Waals surface area contributed by atoms with Crippen LogP contribution in [0.2, 0.25) is 10.0 Å². The lowest BCUT2D eigenvalue weighted by Crippen LogP contribution is -2.53. The van der Waals surface area contributed by atoms with Gasteiger partial charge in [-0.2, -0.15) is 0 Å². The lowest BCUT2D eigenvalue weighted by molar-refractivity contribution is -0.142. The zero-order chi connectivity index (χ0) is 24.8. The van der Waals surface area contributed by atoms with E-state index >= 15 is 0 Å². The predicted molar refractivity (Wildman–Crippen MR) is 138 cm³/mol. The van der Waals surface area contributed by atoms with Crippen LogP contribution in [0.1, 0.15) is 77.0 Å². The first kappa shape index (κ1) is 27.2. The molecule has 1 unspecified atom stereocenters. The summed E-state index contributed by atoms with van der Waals surface area (Å²) in [4.78, 5) is 28.2. The number of hydrogen-bond acceptors (Lipinski definition) is 2. The van der Waals surface area contributed by atoms with Gasteiger partial charge in [0.05, 0.1) is 0 Å². The smallest absolute Gasteiger partial charge is 0.243 e. The van der Waals surface area contributed by atoms with Crippen LogP contribution in [-0.4, -0.2) is 28.3 Å². The Morgan fingerprint density at radius 3 is 2.18 bits per heavy atom. The van der Waals surface area contributed by atoms with Crippen molar-refractivity contribution in [3.8, 4) is 0 Å². The molecular weight excluding hydrogens is 455 g/mol. The predicted octanol–water partition coefficient (Wildman–Crippen LogP) is 6.77. The van der Waals surface area contributed by atoms with Gasteiger partial charge < -0.3 is 10.2 Å². The molecule has 33 heavy (non-hydrogen) atoms. The quantitative estimate of drug-likeness (QED) is 0.421. The normalized spacial score (nSPS) is 12.5. The first-order valence-corrected chi connectivity index (χ1v) is 12.3. The highest BCUT2D eigenvalue weighted by atomic mass is 35.5. The molecule has 2 aromatic rings. The molecule has 2 amide bonds. The molecular formula is C27H36Cl2N2O2. The molecule has 1 N–H and O–H groups in total. The molecule has 6 heteroatoms. The number of amides is 2. The van der Waals surface area contributed by atoms with Crippen LogP contribution in [0, 0.1) is 0 Å². The molecule has 4 nitrogen and oxygen atoms in total. The molecule has 0 radical (unpaired) electrons. The molecule has 0 saturated heterocycles. The van der Waals surface area contributed by atoms with Gasteiger partial charge in [0.2, 0.25) is 11.8 Å². The minimum atomic E-state index is -0.591. The number of nitrogens with one attached hydrogen (secondary N) is 1. The van der Waals surface area contributed by atoms with Crippen LogP contribution < -0.4 is 5.32 Å². The number of aryl methyl sites for hydroxylation is 1. The largest absolute Gasteiger partial charge is 0.350 e. The van der Waals surface area contributed by atoms with Crippen molar-refractivity contribution in [2.75, 3.05) is 0 Å². The highest BCUT2D eigenvalue weighted by molar-refractivity contribution is 6.35. The summed E-state index contributed by atoms with van der Waals surface area (Å²) in [6, 6.07) is 13.0. The van der Waals surface area contributed by atoms with E-state index in [0.29, 0.717) is 35.2 Å². The maximum atomic E-state index is 13.4. The van der Waals surface area contributed by atoms with E-state index < -0.39 is 11.6 Å². The van der Waals surface area contributed by atoms with Crippen molar-refractivity contribution < 1.29 is 9.59 Å². The fourth-order valence-electron chi connectivity index (χ4n) is 3.67. The van der Waals surface area contributed by atoms with Crippen molar-refractivity contribution >= 4 is 35.0 Å². The van der Waals surface area contributed by atoms with Crippen LogP contribution in [0.15, 0.2) is 42.5 Å². The van der Waals surface area contributed by atoms with Gasteiger partial charge in [0, 0.05) is 28.5 Å². The van der Waals surface area contributed by atoms with Crippen LogP contribution in [0.25, 0.3) is 0 Å². The second-order valence-corrected chi connectivity index (χ2v) is 10.7. The molecule has 2 rings (SSSR count). The molecule has 2 aromatic carbocycles. The zero-order valence-electron chi connectivity index (χ0n) is 20.5. The Hall–Kier alpha value is -2.04. The average Bonchev–Trinajstić information content (AvgIpc) is 2.72. The topological polar surface area (TPSA) is 49.4 Å². The van der Waals surface area contributed by atoms with Gasteiger partial charge in [-0.1, -0.05) is 74.3 Å². The highest BCUT2D eigenvalue weighted by Gasteiger charge is 2.30. The van der Waals surface area contributed by atoms with E-state index in [0.717, 1.165) is 11.1 Å². The highest BCUT2D eigenvalue weighted by Crippen LogP contribution is 2.24. The van der Waals surface area contributed by atoms with E-state index in [1.807, 2.05) is 33.8 Å². The number of nitrogens with zero attached hydrogens (tertiary/aromatic N) is 1. The summed E-state index contributed by atoms with van der Waals surface area (Å²) < 4.78 is 0. The van der Waals surface area contributed by atoms with Gasteiger partial charge in [0.15, 0.2) is 0 Å². The summed E-state index contributed by atoms with van der Waals surface area (Å²) in [6.45, 7) is 12.3. The van der Waals surface area contributed by atoms with Gasteiger partial charge in [-0.05, 0) is 68.4 Å². The van der Waals surface area contributed by atoms with E-state index in [-0.39, 0.29) is 18.4 Å². The molecule has 0 aliphatic carbocycles. The Kier molecular flexibility index (Phi) is 9.81. The van der Waals surface area contributed by atoms with Crippen molar-refractivity contribution in [1.29, 1.82) is 0 Å². The fraction of sp³-hybridized carbons (Fsp3) is 0.481. The van der Waals surface area contributed by atoms with Gasteiger partial charge in [0.25, 0.3) is 0 Å². The fourth-order valence-corrected chi connectivity index (χ4v) is 4.14. The van der Waals surface area contributed by atoms with Crippen molar-refractivity contribution in [3.05, 3.63) is 69.2 Å². The summed E-state index contributed by atoms with van der Waals surface area (Å²) in [7, 11) is 0. The number of carbonyl (C=O) groups is 2. The third-order valence-electron chi connectivity index (χ3n) is 5.51. The summed E-state index contributed by atoms with van der Waals surface area (Å²) in [5.41, 5.74) is 2.74. The van der Waals surface area contributed by atoms with E-state index in [2.05, 4.69) is 43.4 Å². The third-order valence-corrected chi connectivity index (χ3v) is 6.10. The number of halogens is 2. The summed E-state index contributed by atoms with van der Waals surface area (Å²) >= 11 is 12.5. The van der Waals surface area contributed by atoms with Crippen molar-refractivity contribution in [2.24, 2.45) is 0 Å². The SMILES string of the molecule is CCC(C(=O)NC(C)(C)C)N(Cc1ccc(Cl)cc1Cl)C(=O)CCc1ccc(C(C)C)cc1. The molecule has 0 bridgehead atoms. The molecule has 0 heterocycles. The summed E-state index contributed by atoms with van der Waals surface area (Å²) in [5, 5.41) is 4.03. The average molecular weight is 492 g/mol. The van der Waals surface area contributed by atoms with Crippen LogP contribution in [0.3, 0.4) is 0 Å². The zero-order valence-corrected chi connectivity index (χ0v) is 22.1. The van der Waals surface area contributed by atoms with E-state index in [9.17, 15) is 9.59 Å². The first-order chi connectivity index (χ1) is 15.4. The number of hydrogen-bond donors (Lipinski definition) is 1. The summed E-state index contributed by atoms with van der Waals surface area (Å²) in [6.07, 6.45) is 1.42. The Bertz CT molecular complexity index is 950. The van der Waals surface area contributed by atoms with E-state index in [4.69, 9.17) is 23.2 Å². The minimum absolute atomic E-state index is 0.0788. The van der Waals surface area contributed by atoms with Gasteiger partial charge in [0.1, 0.15) is 6.04 Å². The molecule has 0 spiro atoms. The van der Waals surface area contributed by atoms with Crippen LogP contribution >= 0.6 is 23.2 Å². The molecule has 0 aliphatic rings. The van der Waals surface area contributed by atoms with Gasteiger partial charge >= 0.3 is 0 Å². The summed E-state index contributed by atoms with van der Waals surface area (Å²) in [5.74, 6) is 0.224. The number of carbonyl (C=O) groups excluding carboxylic acids is 2. The third kappa shape index (κ3) is 8.35. The van der Waals surface area contributed by atoms with Gasteiger partial charge in [-0.25, -0.2) is 0 Å². The standard InChI is InChI=1S/C27H36Cl2N2O2/c1-7-24(26(33)30-27(4,5)6)31(17-21-13-14-22(28)16-23(21)29)25(32)15-10-19-8-11-20(12-9-19)18(2)3/h8-9,11-14,16,18,24H,7,10,15,17H2,1-6H3,(H,30,33).